The molecule has 0 aromatic heterocycles. The Morgan fingerprint density at radius 1 is 0.793 bits per heavy atom. The molecule has 2 aliphatic rings. The van der Waals surface area contributed by atoms with Crippen LogP contribution in [0.2, 0.25) is 0 Å². The monoisotopic (exact) mass is 397 g/mol. The van der Waals surface area contributed by atoms with E-state index >= 15 is 0 Å². The van der Waals surface area contributed by atoms with Gasteiger partial charge in [-0.25, -0.2) is 0 Å². The second-order valence-electron chi connectivity index (χ2n) is 6.20. The molecule has 1 heterocycles. The number of carbonyl (C=O) groups excluding carboxylic acids is 1. The van der Waals surface area contributed by atoms with E-state index in [1.54, 1.807) is 24.3 Å². The zero-order chi connectivity index (χ0) is 20.5. The summed E-state index contributed by atoms with van der Waals surface area (Å²) in [6.07, 6.45) is 1.49. The second-order valence-corrected chi connectivity index (χ2v) is 6.20. The third-order valence-electron chi connectivity index (χ3n) is 4.74. The molecular formula is C21H19NO7. The molecule has 0 unspecified atom stereocenters. The van der Waals surface area contributed by atoms with Crippen LogP contribution in [0.3, 0.4) is 0 Å². The molecule has 2 aromatic rings. The maximum absolute atomic E-state index is 12.9. The van der Waals surface area contributed by atoms with E-state index in [0.717, 1.165) is 0 Å². The Balaban J connectivity index is 1.93. The average Bonchev–Trinajstić information content (AvgIpc) is 3.21. The summed E-state index contributed by atoms with van der Waals surface area (Å²) in [5.74, 6) is 2.36. The first-order valence-corrected chi connectivity index (χ1v) is 8.73. The fourth-order valence-corrected chi connectivity index (χ4v) is 3.40. The molecule has 0 atom stereocenters. The molecule has 8 nitrogen and oxygen atoms in total. The number of fused-ring (bicyclic) bond motifs is 2. The van der Waals surface area contributed by atoms with Crippen molar-refractivity contribution in [1.29, 1.82) is 0 Å². The van der Waals surface area contributed by atoms with Crippen LogP contribution < -0.4 is 23.7 Å². The van der Waals surface area contributed by atoms with Crippen molar-refractivity contribution in [3.8, 4) is 28.7 Å². The molecule has 1 aliphatic carbocycles. The van der Waals surface area contributed by atoms with Crippen LogP contribution in [-0.2, 0) is 4.84 Å². The summed E-state index contributed by atoms with van der Waals surface area (Å²) in [5, 5.41) is 4.19. The molecule has 0 saturated carbocycles. The van der Waals surface area contributed by atoms with Gasteiger partial charge >= 0.3 is 0 Å². The number of nitrogens with zero attached hydrogens (tertiary/aromatic N) is 1. The van der Waals surface area contributed by atoms with Crippen LogP contribution in [0.4, 0.5) is 0 Å². The fraction of sp³-hybridized carbons (Fsp3) is 0.238. The zero-order valence-corrected chi connectivity index (χ0v) is 16.4. The van der Waals surface area contributed by atoms with Gasteiger partial charge in [0.25, 0.3) is 0 Å². The minimum atomic E-state index is -0.194. The summed E-state index contributed by atoms with van der Waals surface area (Å²) in [6.45, 7) is 0.104. The molecule has 4 rings (SSSR count). The Labute approximate surface area is 167 Å². The molecule has 0 radical (unpaired) electrons. The van der Waals surface area contributed by atoms with Gasteiger partial charge in [-0.15, -0.1) is 0 Å². The highest BCUT2D eigenvalue weighted by molar-refractivity contribution is 6.41. The number of oxime groups is 1. The summed E-state index contributed by atoms with van der Waals surface area (Å²) >= 11 is 0. The molecule has 0 spiro atoms. The van der Waals surface area contributed by atoms with Gasteiger partial charge in [-0.2, -0.15) is 0 Å². The van der Waals surface area contributed by atoms with Gasteiger partial charge in [0.05, 0.1) is 21.3 Å². The molecule has 0 bridgehead atoms. The van der Waals surface area contributed by atoms with Crippen molar-refractivity contribution < 1.29 is 33.3 Å². The number of allylic oxidation sites excluding steroid dienone is 2. The quantitative estimate of drug-likeness (QED) is 0.717. The molecule has 0 N–H and O–H groups in total. The highest BCUT2D eigenvalue weighted by Crippen LogP contribution is 2.43. The van der Waals surface area contributed by atoms with Crippen LogP contribution in [0, 0.1) is 0 Å². The molecule has 150 valence electrons. The summed E-state index contributed by atoms with van der Waals surface area (Å²) in [6, 6.07) is 6.82. The lowest BCUT2D eigenvalue weighted by atomic mass is 9.85. The van der Waals surface area contributed by atoms with E-state index in [1.807, 2.05) is 0 Å². The van der Waals surface area contributed by atoms with Crippen molar-refractivity contribution in [2.45, 2.75) is 0 Å². The Hall–Kier alpha value is -3.68. The highest BCUT2D eigenvalue weighted by Gasteiger charge is 2.31. The van der Waals surface area contributed by atoms with E-state index < -0.39 is 0 Å². The van der Waals surface area contributed by atoms with Crippen LogP contribution in [0.15, 0.2) is 35.5 Å². The van der Waals surface area contributed by atoms with Gasteiger partial charge < -0.3 is 28.5 Å². The molecule has 0 amide bonds. The topological polar surface area (TPSA) is 84.8 Å². The van der Waals surface area contributed by atoms with E-state index in [0.29, 0.717) is 56.7 Å². The number of rotatable bonds is 5. The summed E-state index contributed by atoms with van der Waals surface area (Å²) < 4.78 is 27.2. The minimum absolute atomic E-state index is 0.104. The molecule has 0 saturated heterocycles. The minimum Gasteiger partial charge on any atom is -0.496 e. The Morgan fingerprint density at radius 3 is 2.03 bits per heavy atom. The third kappa shape index (κ3) is 3.02. The number of benzene rings is 2. The molecule has 0 fully saturated rings. The maximum Gasteiger partial charge on any atom is 0.231 e. The molecule has 29 heavy (non-hydrogen) atoms. The molecule has 2 aromatic carbocycles. The summed E-state index contributed by atoms with van der Waals surface area (Å²) in [7, 11) is 6.06. The SMILES string of the molecule is CO/N=C1\C(c2cc(OC)c(OC)cc2OC)=CC(=O)c2cc3c(cc21)OCO3. The van der Waals surface area contributed by atoms with Crippen molar-refractivity contribution in [3.63, 3.8) is 0 Å². The maximum atomic E-state index is 12.9. The largest absolute Gasteiger partial charge is 0.496 e. The van der Waals surface area contributed by atoms with Crippen LogP contribution in [0.5, 0.6) is 28.7 Å². The Bertz CT molecular complexity index is 1060. The first kappa shape index (κ1) is 18.7. The lowest BCUT2D eigenvalue weighted by Gasteiger charge is -2.21. The smallest absolute Gasteiger partial charge is 0.231 e. The second kappa shape index (κ2) is 7.38. The highest BCUT2D eigenvalue weighted by atomic mass is 16.7. The standard InChI is InChI=1S/C21H19NO7/c1-24-16-9-18(26-3)17(25-2)7-12(16)13-5-15(23)11-6-19-20(29-10-28-19)8-14(11)21(13)22-27-4/h5-9H,10H2,1-4H3/b22-21+. The number of hydrogen-bond donors (Lipinski definition) is 0. The number of methoxy groups -OCH3 is 3. The number of carbonyl (C=O) groups is 1. The number of hydrogen-bond acceptors (Lipinski definition) is 8. The van der Waals surface area contributed by atoms with Crippen LogP contribution in [0.1, 0.15) is 21.5 Å². The molecule has 1 aliphatic heterocycles. The number of ketones is 1. The van der Waals surface area contributed by atoms with Crippen LogP contribution in [-0.4, -0.2) is 46.7 Å². The van der Waals surface area contributed by atoms with Gasteiger partial charge in [0.15, 0.2) is 28.8 Å². The van der Waals surface area contributed by atoms with Crippen molar-refractivity contribution in [2.24, 2.45) is 5.16 Å². The van der Waals surface area contributed by atoms with Gasteiger partial charge in [-0.1, -0.05) is 5.16 Å². The van der Waals surface area contributed by atoms with Crippen molar-refractivity contribution in [3.05, 3.63) is 47.0 Å². The Kier molecular flexibility index (Phi) is 4.75. The van der Waals surface area contributed by atoms with E-state index in [4.69, 9.17) is 28.5 Å². The normalized spacial score (nSPS) is 15.7. The zero-order valence-electron chi connectivity index (χ0n) is 16.4. The van der Waals surface area contributed by atoms with E-state index in [-0.39, 0.29) is 12.6 Å². The first-order chi connectivity index (χ1) is 14.1. The van der Waals surface area contributed by atoms with Crippen molar-refractivity contribution in [2.75, 3.05) is 35.2 Å². The molecule has 8 heteroatoms. The van der Waals surface area contributed by atoms with Gasteiger partial charge in [0.2, 0.25) is 6.79 Å². The van der Waals surface area contributed by atoms with Gasteiger partial charge in [0, 0.05) is 28.3 Å². The van der Waals surface area contributed by atoms with Crippen molar-refractivity contribution >= 4 is 17.1 Å². The Morgan fingerprint density at radius 2 is 1.41 bits per heavy atom. The predicted molar refractivity (Wildman–Crippen MR) is 105 cm³/mol. The van der Waals surface area contributed by atoms with Crippen LogP contribution in [0.25, 0.3) is 5.57 Å². The lowest BCUT2D eigenvalue weighted by Crippen LogP contribution is -2.18. The first-order valence-electron chi connectivity index (χ1n) is 8.73. The van der Waals surface area contributed by atoms with E-state index in [9.17, 15) is 4.79 Å². The van der Waals surface area contributed by atoms with Gasteiger partial charge in [-0.3, -0.25) is 4.79 Å². The average molecular weight is 397 g/mol. The van der Waals surface area contributed by atoms with Gasteiger partial charge in [-0.05, 0) is 24.3 Å². The van der Waals surface area contributed by atoms with Crippen LogP contribution >= 0.6 is 0 Å². The summed E-state index contributed by atoms with van der Waals surface area (Å²) in [4.78, 5) is 18.0. The van der Waals surface area contributed by atoms with E-state index in [1.165, 1.54) is 34.5 Å². The van der Waals surface area contributed by atoms with Gasteiger partial charge in [0.1, 0.15) is 18.6 Å². The van der Waals surface area contributed by atoms with E-state index in [2.05, 4.69) is 5.16 Å². The predicted octanol–water partition coefficient (Wildman–Crippen LogP) is 3.07. The third-order valence-corrected chi connectivity index (χ3v) is 4.74. The van der Waals surface area contributed by atoms with Crippen molar-refractivity contribution in [1.82, 2.24) is 0 Å². The number of ether oxygens (including phenoxy) is 5. The summed E-state index contributed by atoms with van der Waals surface area (Å²) in [5.41, 5.74) is 2.63. The lowest BCUT2D eigenvalue weighted by molar-refractivity contribution is 0.104. The fourth-order valence-electron chi connectivity index (χ4n) is 3.40. The molecular weight excluding hydrogens is 378 g/mol.